The topological polar surface area (TPSA) is 83.2 Å². The van der Waals surface area contributed by atoms with Crippen LogP contribution in [0.25, 0.3) is 0 Å². The van der Waals surface area contributed by atoms with Crippen LogP contribution < -0.4 is 10.1 Å². The molecule has 2 aromatic rings. The van der Waals surface area contributed by atoms with E-state index < -0.39 is 17.6 Å². The molecule has 1 aromatic carbocycles. The summed E-state index contributed by atoms with van der Waals surface area (Å²) < 4.78 is 56.3. The predicted octanol–water partition coefficient (Wildman–Crippen LogP) is 4.00. The van der Waals surface area contributed by atoms with Crippen molar-refractivity contribution < 1.29 is 22.3 Å². The molecule has 0 bridgehead atoms. The molecule has 0 amide bonds. The number of nitrogens with zero attached hydrogens (tertiary/aromatic N) is 3. The summed E-state index contributed by atoms with van der Waals surface area (Å²) >= 11 is 0. The van der Waals surface area contributed by atoms with Crippen LogP contribution in [0.5, 0.6) is 6.01 Å². The molecule has 0 spiro atoms. The summed E-state index contributed by atoms with van der Waals surface area (Å²) in [6, 6.07) is 4.10. The number of alkyl halides is 3. The minimum atomic E-state index is -4.80. The molecule has 0 aliphatic rings. The molecule has 0 fully saturated rings. The molecule has 10 heteroatoms. The number of aromatic nitrogens is 2. The Labute approximate surface area is 133 Å². The van der Waals surface area contributed by atoms with Gasteiger partial charge in [-0.15, -0.1) is 0 Å². The van der Waals surface area contributed by atoms with Crippen molar-refractivity contribution in [3.05, 3.63) is 59.9 Å². The first-order chi connectivity index (χ1) is 11.4. The van der Waals surface area contributed by atoms with Gasteiger partial charge in [0.1, 0.15) is 18.1 Å². The van der Waals surface area contributed by atoms with E-state index in [-0.39, 0.29) is 24.0 Å². The van der Waals surface area contributed by atoms with Gasteiger partial charge in [-0.05, 0) is 24.3 Å². The zero-order valence-corrected chi connectivity index (χ0v) is 12.0. The summed E-state index contributed by atoms with van der Waals surface area (Å²) in [5.74, 6) is -1.37. The molecule has 0 atom stereocenters. The van der Waals surface area contributed by atoms with E-state index in [2.05, 4.69) is 20.4 Å². The Kier molecular flexibility index (Phi) is 5.40. The third kappa shape index (κ3) is 4.73. The number of anilines is 1. The zero-order valence-electron chi connectivity index (χ0n) is 12.0. The number of hydrogen-bond donors (Lipinski definition) is 2. The van der Waals surface area contributed by atoms with Gasteiger partial charge < -0.3 is 10.1 Å². The Morgan fingerprint density at radius 3 is 2.62 bits per heavy atom. The zero-order chi connectivity index (χ0) is 17.6. The second kappa shape index (κ2) is 7.49. The van der Waals surface area contributed by atoms with Crippen molar-refractivity contribution >= 4 is 5.69 Å². The van der Waals surface area contributed by atoms with Crippen LogP contribution in [0.4, 0.5) is 23.2 Å². The molecule has 1 heterocycles. The molecule has 0 radical (unpaired) electrons. The molecular formula is C14H11F4N5O. The van der Waals surface area contributed by atoms with Crippen molar-refractivity contribution in [2.45, 2.75) is 6.18 Å². The van der Waals surface area contributed by atoms with Crippen molar-refractivity contribution in [2.24, 2.45) is 5.11 Å². The molecule has 24 heavy (non-hydrogen) atoms. The maximum Gasteiger partial charge on any atom is 0.419 e. The van der Waals surface area contributed by atoms with Crippen molar-refractivity contribution in [1.82, 2.24) is 9.97 Å². The fourth-order valence-electron chi connectivity index (χ4n) is 1.60. The second-order valence-corrected chi connectivity index (χ2v) is 4.40. The molecular weight excluding hydrogens is 330 g/mol. The number of halogens is 4. The average Bonchev–Trinajstić information content (AvgIpc) is 2.56. The minimum absolute atomic E-state index is 0.0131. The number of hydrogen-bond acceptors (Lipinski definition) is 6. The van der Waals surface area contributed by atoms with Gasteiger partial charge in [-0.3, -0.25) is 0 Å². The number of benzene rings is 1. The first-order valence-electron chi connectivity index (χ1n) is 6.50. The van der Waals surface area contributed by atoms with Crippen LogP contribution in [0, 0.1) is 11.3 Å². The minimum Gasteiger partial charge on any atom is -0.457 e. The number of nitrogens with one attached hydrogen (secondary N) is 2. The van der Waals surface area contributed by atoms with E-state index in [0.717, 1.165) is 6.07 Å². The monoisotopic (exact) mass is 341 g/mol. The van der Waals surface area contributed by atoms with Crippen LogP contribution in [0.15, 0.2) is 53.7 Å². The van der Waals surface area contributed by atoms with Crippen LogP contribution >= 0.6 is 0 Å². The van der Waals surface area contributed by atoms with Gasteiger partial charge in [0.05, 0.1) is 5.56 Å². The first kappa shape index (κ1) is 17.3. The van der Waals surface area contributed by atoms with Gasteiger partial charge in [-0.2, -0.15) is 18.3 Å². The quantitative estimate of drug-likeness (QED) is 0.614. The highest BCUT2D eigenvalue weighted by molar-refractivity contribution is 5.49. The highest BCUT2D eigenvalue weighted by atomic mass is 19.4. The van der Waals surface area contributed by atoms with E-state index in [1.165, 1.54) is 18.6 Å². The normalized spacial score (nSPS) is 11.9. The Balaban J connectivity index is 2.06. The van der Waals surface area contributed by atoms with Crippen LogP contribution in [0.1, 0.15) is 5.56 Å². The highest BCUT2D eigenvalue weighted by Gasteiger charge is 2.34. The lowest BCUT2D eigenvalue weighted by Crippen LogP contribution is -2.09. The highest BCUT2D eigenvalue weighted by Crippen LogP contribution is 2.33. The van der Waals surface area contributed by atoms with Crippen molar-refractivity contribution in [3.63, 3.8) is 0 Å². The molecule has 0 aliphatic carbocycles. The van der Waals surface area contributed by atoms with Gasteiger partial charge in [0.2, 0.25) is 0 Å². The van der Waals surface area contributed by atoms with Gasteiger partial charge in [0.15, 0.2) is 0 Å². The third-order valence-electron chi connectivity index (χ3n) is 2.71. The first-order valence-corrected chi connectivity index (χ1v) is 6.50. The fourth-order valence-corrected chi connectivity index (χ4v) is 1.60. The smallest absolute Gasteiger partial charge is 0.419 e. The van der Waals surface area contributed by atoms with E-state index in [1.54, 1.807) is 6.07 Å². The standard InChI is InChI=1S/C14H11F4N5O/c15-12-3-2-9(6-11(12)14(16,17)18)22-7-10(23-19)8-24-13-20-4-1-5-21-13/h1-7,19,22H,8H2/b10-7-,23-19?. The summed E-state index contributed by atoms with van der Waals surface area (Å²) in [5, 5.41) is 5.69. The van der Waals surface area contributed by atoms with E-state index in [4.69, 9.17) is 10.3 Å². The van der Waals surface area contributed by atoms with Gasteiger partial charge in [-0.1, -0.05) is 0 Å². The summed E-state index contributed by atoms with van der Waals surface area (Å²) in [4.78, 5) is 7.60. The Bertz CT molecular complexity index is 734. The molecule has 0 unspecified atom stereocenters. The molecule has 0 saturated carbocycles. The Hall–Kier alpha value is -3.04. The number of ether oxygens (including phenoxy) is 1. The lowest BCUT2D eigenvalue weighted by molar-refractivity contribution is -0.139. The van der Waals surface area contributed by atoms with Gasteiger partial charge in [-0.25, -0.2) is 19.9 Å². The molecule has 0 aliphatic heterocycles. The van der Waals surface area contributed by atoms with Crippen LogP contribution in [-0.4, -0.2) is 16.6 Å². The van der Waals surface area contributed by atoms with Crippen LogP contribution in [-0.2, 0) is 6.18 Å². The van der Waals surface area contributed by atoms with Gasteiger partial charge in [0, 0.05) is 24.3 Å². The summed E-state index contributed by atoms with van der Waals surface area (Å²) in [5.41, 5.74) is 5.69. The summed E-state index contributed by atoms with van der Waals surface area (Å²) in [6.07, 6.45) is -0.719. The van der Waals surface area contributed by atoms with Gasteiger partial charge in [0.25, 0.3) is 0 Å². The van der Waals surface area contributed by atoms with Gasteiger partial charge >= 0.3 is 12.2 Å². The Morgan fingerprint density at radius 2 is 2.00 bits per heavy atom. The second-order valence-electron chi connectivity index (χ2n) is 4.40. The van der Waals surface area contributed by atoms with E-state index in [0.29, 0.717) is 12.1 Å². The van der Waals surface area contributed by atoms with E-state index >= 15 is 0 Å². The SMILES string of the molecule is N=N/C(=C\Nc1ccc(F)c(C(F)(F)F)c1)COc1ncccn1. The molecule has 2 N–H and O–H groups in total. The lowest BCUT2D eigenvalue weighted by Gasteiger charge is -2.10. The molecule has 126 valence electrons. The predicted molar refractivity (Wildman–Crippen MR) is 75.8 cm³/mol. The van der Waals surface area contributed by atoms with Crippen LogP contribution in [0.3, 0.4) is 0 Å². The fraction of sp³-hybridized carbons (Fsp3) is 0.143. The molecule has 0 saturated heterocycles. The average molecular weight is 341 g/mol. The Morgan fingerprint density at radius 1 is 1.29 bits per heavy atom. The van der Waals surface area contributed by atoms with E-state index in [1.807, 2.05) is 0 Å². The maximum absolute atomic E-state index is 13.2. The maximum atomic E-state index is 13.2. The van der Waals surface area contributed by atoms with Crippen LogP contribution in [0.2, 0.25) is 0 Å². The molecule has 1 aromatic heterocycles. The molecule has 2 rings (SSSR count). The largest absolute Gasteiger partial charge is 0.457 e. The van der Waals surface area contributed by atoms with Crippen molar-refractivity contribution in [3.8, 4) is 6.01 Å². The van der Waals surface area contributed by atoms with Crippen molar-refractivity contribution in [1.29, 1.82) is 5.53 Å². The summed E-state index contributed by atoms with van der Waals surface area (Å²) in [6.45, 7) is -0.173. The third-order valence-corrected chi connectivity index (χ3v) is 2.71. The molecule has 6 nitrogen and oxygen atoms in total. The lowest BCUT2D eigenvalue weighted by atomic mass is 10.2. The van der Waals surface area contributed by atoms with Crippen molar-refractivity contribution in [2.75, 3.05) is 11.9 Å². The summed E-state index contributed by atoms with van der Waals surface area (Å²) in [7, 11) is 0. The van der Waals surface area contributed by atoms with E-state index in [9.17, 15) is 17.6 Å². The number of rotatable bonds is 6.